The zero-order chi connectivity index (χ0) is 27.2. The molecule has 0 N–H and O–H groups in total. The van der Waals surface area contributed by atoms with Gasteiger partial charge in [-0.05, 0) is 84.6 Å². The van der Waals surface area contributed by atoms with E-state index < -0.39 is 0 Å². The van der Waals surface area contributed by atoms with E-state index in [1.807, 2.05) is 54.3 Å². The Morgan fingerprint density at radius 2 is 1.67 bits per heavy atom. The van der Waals surface area contributed by atoms with Crippen LogP contribution in [-0.4, -0.2) is 68.3 Å². The van der Waals surface area contributed by atoms with Crippen LogP contribution in [0.3, 0.4) is 0 Å². The summed E-state index contributed by atoms with van der Waals surface area (Å²) >= 11 is 0. The second-order valence-electron chi connectivity index (χ2n) is 11.5. The number of nitrogens with zero attached hydrogens (tertiary/aromatic N) is 2. The molecule has 3 aromatic rings. The van der Waals surface area contributed by atoms with Crippen LogP contribution in [0, 0.1) is 23.6 Å². The van der Waals surface area contributed by atoms with Crippen molar-refractivity contribution in [2.24, 2.45) is 17.8 Å². The number of alkyl halides is 1. The van der Waals surface area contributed by atoms with Gasteiger partial charge in [-0.25, -0.2) is 4.39 Å². The lowest BCUT2D eigenvalue weighted by atomic mass is 9.89. The van der Waals surface area contributed by atoms with E-state index in [1.54, 1.807) is 12.1 Å². The number of hydrogen-bond acceptors (Lipinski definition) is 3. The van der Waals surface area contributed by atoms with Gasteiger partial charge in [0.15, 0.2) is 0 Å². The number of amides is 1. The minimum atomic E-state index is -0.221. The molecule has 3 atom stereocenters. The molecule has 3 fully saturated rings. The number of carbonyl (C=O) groups excluding carboxylic acids is 1. The number of benzene rings is 3. The Morgan fingerprint density at radius 3 is 2.36 bits per heavy atom. The average molecular weight is 535 g/mol. The van der Waals surface area contributed by atoms with E-state index in [9.17, 15) is 13.6 Å². The number of likely N-dealkylation sites (tertiary alicyclic amines) is 2. The fraction of sp³-hybridized carbons (Fsp3) is 0.485. The van der Waals surface area contributed by atoms with Crippen molar-refractivity contribution in [2.45, 2.75) is 32.1 Å². The van der Waals surface area contributed by atoms with Crippen LogP contribution in [-0.2, 0) is 4.74 Å². The third-order valence-electron chi connectivity index (χ3n) is 8.75. The molecule has 3 aliphatic rings. The Balaban J connectivity index is 0.000000332. The highest BCUT2D eigenvalue weighted by molar-refractivity contribution is 6.07. The van der Waals surface area contributed by atoms with Crippen molar-refractivity contribution < 1.29 is 18.3 Å². The van der Waals surface area contributed by atoms with Gasteiger partial charge in [0.25, 0.3) is 5.91 Å². The predicted molar refractivity (Wildman–Crippen MR) is 152 cm³/mol. The summed E-state index contributed by atoms with van der Waals surface area (Å²) in [5, 5.41) is 2.16. The third-order valence-corrected chi connectivity index (χ3v) is 8.75. The maximum atomic E-state index is 13.2. The van der Waals surface area contributed by atoms with Crippen molar-refractivity contribution in [1.29, 1.82) is 0 Å². The van der Waals surface area contributed by atoms with E-state index in [0.717, 1.165) is 74.9 Å². The molecule has 3 aliphatic heterocycles. The van der Waals surface area contributed by atoms with Gasteiger partial charge in [0, 0.05) is 37.7 Å². The Labute approximate surface area is 230 Å². The highest BCUT2D eigenvalue weighted by atomic mass is 19.1. The van der Waals surface area contributed by atoms with Crippen LogP contribution in [0.25, 0.3) is 10.8 Å². The SMILES string of the molecule is CC1COCC1CF.O=C(c1cccc2ccccc12)N1CCC(CN2CCC(c3ccc(F)cc3)CC2)C1. The summed E-state index contributed by atoms with van der Waals surface area (Å²) in [6.45, 7) is 8.09. The second-order valence-corrected chi connectivity index (χ2v) is 11.5. The van der Waals surface area contributed by atoms with Gasteiger partial charge < -0.3 is 14.5 Å². The molecule has 0 aliphatic carbocycles. The zero-order valence-electron chi connectivity index (χ0n) is 22.9. The lowest BCUT2D eigenvalue weighted by molar-refractivity contribution is 0.0784. The van der Waals surface area contributed by atoms with Crippen LogP contribution in [0.4, 0.5) is 8.78 Å². The Bertz CT molecular complexity index is 1220. The first-order valence-electron chi connectivity index (χ1n) is 14.4. The van der Waals surface area contributed by atoms with Gasteiger partial charge in [0.2, 0.25) is 0 Å². The Morgan fingerprint density at radius 1 is 0.923 bits per heavy atom. The van der Waals surface area contributed by atoms with Crippen LogP contribution in [0.5, 0.6) is 0 Å². The number of carbonyl (C=O) groups is 1. The molecule has 0 saturated carbocycles. The molecular weight excluding hydrogens is 494 g/mol. The molecule has 0 radical (unpaired) electrons. The van der Waals surface area contributed by atoms with E-state index in [1.165, 1.54) is 5.56 Å². The normalized spacial score (nSPS) is 24.1. The van der Waals surface area contributed by atoms with Gasteiger partial charge in [-0.15, -0.1) is 0 Å². The highest BCUT2D eigenvalue weighted by Gasteiger charge is 2.30. The van der Waals surface area contributed by atoms with Gasteiger partial charge in [-0.2, -0.15) is 0 Å². The lowest BCUT2D eigenvalue weighted by Crippen LogP contribution is -2.37. The van der Waals surface area contributed by atoms with Crippen molar-refractivity contribution in [1.82, 2.24) is 9.80 Å². The number of ether oxygens (including phenoxy) is 1. The first kappa shape index (κ1) is 27.7. The van der Waals surface area contributed by atoms with E-state index in [2.05, 4.69) is 17.0 Å². The largest absolute Gasteiger partial charge is 0.381 e. The number of fused-ring (bicyclic) bond motifs is 1. The van der Waals surface area contributed by atoms with Crippen LogP contribution in [0.1, 0.15) is 48.0 Å². The second kappa shape index (κ2) is 13.0. The smallest absolute Gasteiger partial charge is 0.254 e. The standard InChI is InChI=1S/C27H29FN2O.C6H11FO/c28-24-10-8-21(9-11-24)22-13-15-29(16-14-22)18-20-12-17-30(19-20)27(31)26-7-3-5-23-4-1-2-6-25(23)26;1-5-3-8-4-6(5)2-7/h1-11,20,22H,12-19H2;5-6H,2-4H2,1H3. The van der Waals surface area contributed by atoms with Crippen LogP contribution in [0.2, 0.25) is 0 Å². The average Bonchev–Trinajstić information content (AvgIpc) is 3.62. The van der Waals surface area contributed by atoms with E-state index in [4.69, 9.17) is 4.74 Å². The minimum Gasteiger partial charge on any atom is -0.381 e. The van der Waals surface area contributed by atoms with E-state index in [-0.39, 0.29) is 24.3 Å². The van der Waals surface area contributed by atoms with Crippen LogP contribution in [0.15, 0.2) is 66.7 Å². The van der Waals surface area contributed by atoms with Crippen molar-refractivity contribution in [2.75, 3.05) is 52.6 Å². The molecule has 6 heteroatoms. The number of piperidine rings is 1. The molecule has 0 bridgehead atoms. The first-order chi connectivity index (χ1) is 19.0. The van der Waals surface area contributed by atoms with Crippen molar-refractivity contribution in [3.8, 4) is 0 Å². The Hall–Kier alpha value is -2.83. The predicted octanol–water partition coefficient (Wildman–Crippen LogP) is 6.56. The molecule has 39 heavy (non-hydrogen) atoms. The van der Waals surface area contributed by atoms with Crippen LogP contribution >= 0.6 is 0 Å². The molecule has 3 saturated heterocycles. The van der Waals surface area contributed by atoms with Gasteiger partial charge in [0.05, 0.1) is 13.3 Å². The zero-order valence-corrected chi connectivity index (χ0v) is 22.9. The molecule has 0 spiro atoms. The fourth-order valence-corrected chi connectivity index (χ4v) is 6.20. The summed E-state index contributed by atoms with van der Waals surface area (Å²) in [4.78, 5) is 17.8. The third kappa shape index (κ3) is 6.85. The first-order valence-corrected chi connectivity index (χ1v) is 14.4. The maximum Gasteiger partial charge on any atom is 0.254 e. The molecule has 1 amide bonds. The molecule has 4 nitrogen and oxygen atoms in total. The topological polar surface area (TPSA) is 32.8 Å². The highest BCUT2D eigenvalue weighted by Crippen LogP contribution is 2.30. The summed E-state index contributed by atoms with van der Waals surface area (Å²) < 4.78 is 30.1. The Kier molecular flexibility index (Phi) is 9.25. The molecular formula is C33H40F2N2O2. The van der Waals surface area contributed by atoms with Gasteiger partial charge >= 0.3 is 0 Å². The molecule has 6 rings (SSSR count). The van der Waals surface area contributed by atoms with Gasteiger partial charge in [0.1, 0.15) is 5.82 Å². The van der Waals surface area contributed by atoms with Gasteiger partial charge in [-0.3, -0.25) is 9.18 Å². The van der Waals surface area contributed by atoms with Crippen LogP contribution < -0.4 is 0 Å². The molecule has 3 aromatic carbocycles. The summed E-state index contributed by atoms with van der Waals surface area (Å²) in [6, 6.07) is 21.1. The maximum absolute atomic E-state index is 13.2. The molecule has 0 aromatic heterocycles. The number of rotatable bonds is 5. The monoisotopic (exact) mass is 534 g/mol. The van der Waals surface area contributed by atoms with Crippen molar-refractivity contribution in [3.05, 3.63) is 83.7 Å². The quantitative estimate of drug-likeness (QED) is 0.372. The van der Waals surface area contributed by atoms with Crippen molar-refractivity contribution in [3.63, 3.8) is 0 Å². The number of halogens is 2. The number of hydrogen-bond donors (Lipinski definition) is 0. The summed E-state index contributed by atoms with van der Waals surface area (Å²) in [5.41, 5.74) is 2.08. The summed E-state index contributed by atoms with van der Waals surface area (Å²) in [7, 11) is 0. The summed E-state index contributed by atoms with van der Waals surface area (Å²) in [6.07, 6.45) is 3.32. The van der Waals surface area contributed by atoms with E-state index >= 15 is 0 Å². The molecule has 3 heterocycles. The van der Waals surface area contributed by atoms with Crippen molar-refractivity contribution >= 4 is 16.7 Å². The lowest BCUT2D eigenvalue weighted by Gasteiger charge is -2.33. The van der Waals surface area contributed by atoms with Gasteiger partial charge in [-0.1, -0.05) is 55.5 Å². The molecule has 3 unspecified atom stereocenters. The van der Waals surface area contributed by atoms with E-state index in [0.29, 0.717) is 24.4 Å². The fourth-order valence-electron chi connectivity index (χ4n) is 6.20. The minimum absolute atomic E-state index is 0.161. The molecule has 208 valence electrons. The summed E-state index contributed by atoms with van der Waals surface area (Å²) in [5.74, 6) is 1.68.